The molecule has 0 bridgehead atoms. The van der Waals surface area contributed by atoms with Crippen molar-refractivity contribution in [2.24, 2.45) is 0 Å². The molecule has 1 saturated carbocycles. The Morgan fingerprint density at radius 3 is 2.85 bits per heavy atom. The van der Waals surface area contributed by atoms with Gasteiger partial charge in [-0.3, -0.25) is 0 Å². The van der Waals surface area contributed by atoms with Gasteiger partial charge in [0.05, 0.1) is 15.5 Å². The fourth-order valence-electron chi connectivity index (χ4n) is 2.48. The molecule has 0 radical (unpaired) electrons. The monoisotopic (exact) mass is 376 g/mol. The van der Waals surface area contributed by atoms with E-state index in [2.05, 4.69) is 31.7 Å². The normalized spacial score (nSPS) is 16.8. The van der Waals surface area contributed by atoms with Crippen LogP contribution in [0.5, 0.6) is 0 Å². The Morgan fingerprint density at radius 2 is 2.25 bits per heavy atom. The predicted octanol–water partition coefficient (Wildman–Crippen LogP) is 4.61. The summed E-state index contributed by atoms with van der Waals surface area (Å²) in [7, 11) is 0. The van der Waals surface area contributed by atoms with Gasteiger partial charge in [-0.05, 0) is 41.1 Å². The fraction of sp³-hybridized carbons (Fsp3) is 0.500. The Morgan fingerprint density at radius 1 is 1.50 bits per heavy atom. The predicted molar refractivity (Wildman–Crippen MR) is 87.3 cm³/mol. The molecule has 0 spiro atoms. The van der Waals surface area contributed by atoms with Crippen LogP contribution in [0.4, 0.5) is 4.39 Å². The number of hydrogen-bond acceptors (Lipinski definition) is 2. The molecule has 6 heteroatoms. The van der Waals surface area contributed by atoms with Crippen LogP contribution >= 0.6 is 39.3 Å². The van der Waals surface area contributed by atoms with Crippen LogP contribution in [0.2, 0.25) is 0 Å². The second-order valence-electron chi connectivity index (χ2n) is 5.20. The minimum atomic E-state index is -0.245. The lowest BCUT2D eigenvalue weighted by molar-refractivity contribution is 0.617. The molecule has 1 aliphatic rings. The van der Waals surface area contributed by atoms with Gasteiger partial charge in [0, 0.05) is 29.7 Å². The number of alkyl halides is 1. The molecule has 1 heterocycles. The highest BCUT2D eigenvalue weighted by atomic mass is 79.9. The standard InChI is InChI=1S/C14H15BrClFN2S/c1-20-14(3-4-14)8-19-12-7-10(17)9(15)6-11(12)18-13(19)2-5-16/h6-7H,2-5,8H2,1H3. The largest absolute Gasteiger partial charge is 0.326 e. The number of benzene rings is 1. The molecule has 1 fully saturated rings. The van der Waals surface area contributed by atoms with E-state index in [4.69, 9.17) is 11.6 Å². The van der Waals surface area contributed by atoms with Crippen molar-refractivity contribution in [2.75, 3.05) is 12.1 Å². The first kappa shape index (κ1) is 14.7. The van der Waals surface area contributed by atoms with Crippen molar-refractivity contribution in [1.29, 1.82) is 0 Å². The number of imidazole rings is 1. The van der Waals surface area contributed by atoms with Crippen LogP contribution in [-0.4, -0.2) is 26.4 Å². The minimum absolute atomic E-state index is 0.245. The van der Waals surface area contributed by atoms with Crippen molar-refractivity contribution in [3.63, 3.8) is 0 Å². The van der Waals surface area contributed by atoms with E-state index < -0.39 is 0 Å². The summed E-state index contributed by atoms with van der Waals surface area (Å²) in [5.41, 5.74) is 1.70. The lowest BCUT2D eigenvalue weighted by Gasteiger charge is -2.16. The van der Waals surface area contributed by atoms with E-state index >= 15 is 0 Å². The Hall–Kier alpha value is -0.260. The van der Waals surface area contributed by atoms with E-state index in [0.29, 0.717) is 21.5 Å². The van der Waals surface area contributed by atoms with Crippen molar-refractivity contribution in [2.45, 2.75) is 30.6 Å². The van der Waals surface area contributed by atoms with Crippen LogP contribution in [0.3, 0.4) is 0 Å². The van der Waals surface area contributed by atoms with Crippen LogP contribution in [0, 0.1) is 5.82 Å². The minimum Gasteiger partial charge on any atom is -0.326 e. The van der Waals surface area contributed by atoms with Gasteiger partial charge in [-0.15, -0.1) is 11.6 Å². The van der Waals surface area contributed by atoms with Gasteiger partial charge >= 0.3 is 0 Å². The second-order valence-corrected chi connectivity index (χ2v) is 7.70. The van der Waals surface area contributed by atoms with Gasteiger partial charge in [0.15, 0.2) is 0 Å². The highest BCUT2D eigenvalue weighted by molar-refractivity contribution is 9.10. The zero-order chi connectivity index (χ0) is 14.3. The van der Waals surface area contributed by atoms with E-state index in [-0.39, 0.29) is 5.82 Å². The Bertz CT molecular complexity index is 654. The average molecular weight is 378 g/mol. The number of aromatic nitrogens is 2. The maximum Gasteiger partial charge on any atom is 0.139 e. The molecule has 0 unspecified atom stereocenters. The van der Waals surface area contributed by atoms with E-state index in [1.54, 1.807) is 12.1 Å². The number of aryl methyl sites for hydroxylation is 1. The molecule has 1 aliphatic carbocycles. The number of thioether (sulfide) groups is 1. The van der Waals surface area contributed by atoms with Crippen molar-refractivity contribution >= 4 is 50.3 Å². The maximum atomic E-state index is 13.8. The van der Waals surface area contributed by atoms with E-state index in [0.717, 1.165) is 23.4 Å². The third kappa shape index (κ3) is 2.60. The number of rotatable bonds is 5. The molecule has 0 amide bonds. The molecule has 0 N–H and O–H groups in total. The zero-order valence-corrected chi connectivity index (χ0v) is 14.3. The highest BCUT2D eigenvalue weighted by Gasteiger charge is 2.42. The summed E-state index contributed by atoms with van der Waals surface area (Å²) in [6.45, 7) is 0.887. The highest BCUT2D eigenvalue weighted by Crippen LogP contribution is 2.49. The summed E-state index contributed by atoms with van der Waals surface area (Å²) >= 11 is 11.0. The quantitative estimate of drug-likeness (QED) is 0.708. The van der Waals surface area contributed by atoms with Crippen molar-refractivity contribution in [1.82, 2.24) is 9.55 Å². The summed E-state index contributed by atoms with van der Waals surface area (Å²) in [6.07, 6.45) is 5.28. The number of fused-ring (bicyclic) bond motifs is 1. The van der Waals surface area contributed by atoms with Crippen LogP contribution in [0.15, 0.2) is 16.6 Å². The number of halogens is 3. The maximum absolute atomic E-state index is 13.8. The van der Waals surface area contributed by atoms with Gasteiger partial charge in [0.1, 0.15) is 11.6 Å². The molecule has 1 aromatic heterocycles. The SMILES string of the molecule is CSC1(Cn2c(CCCl)nc3cc(Br)c(F)cc32)CC1. The third-order valence-electron chi connectivity index (χ3n) is 3.87. The van der Waals surface area contributed by atoms with Gasteiger partial charge in [0.2, 0.25) is 0 Å². The lowest BCUT2D eigenvalue weighted by Crippen LogP contribution is -2.16. The second kappa shape index (κ2) is 5.50. The molecular formula is C14H15BrClFN2S. The molecule has 2 aromatic rings. The van der Waals surface area contributed by atoms with E-state index in [1.165, 1.54) is 12.8 Å². The Balaban J connectivity index is 2.10. The van der Waals surface area contributed by atoms with Gasteiger partial charge in [0.25, 0.3) is 0 Å². The van der Waals surface area contributed by atoms with Crippen molar-refractivity contribution < 1.29 is 4.39 Å². The first-order valence-corrected chi connectivity index (χ1v) is 9.09. The van der Waals surface area contributed by atoms with Crippen LogP contribution in [0.25, 0.3) is 11.0 Å². The molecule has 20 heavy (non-hydrogen) atoms. The average Bonchev–Trinajstić information content (AvgIpc) is 3.13. The molecule has 108 valence electrons. The summed E-state index contributed by atoms with van der Waals surface area (Å²) < 4.78 is 16.7. The van der Waals surface area contributed by atoms with Gasteiger partial charge in [-0.2, -0.15) is 11.8 Å². The molecule has 1 aromatic carbocycles. The van der Waals surface area contributed by atoms with E-state index in [9.17, 15) is 4.39 Å². The van der Waals surface area contributed by atoms with Crippen LogP contribution in [0.1, 0.15) is 18.7 Å². The fourth-order valence-corrected chi connectivity index (χ4v) is 3.75. The van der Waals surface area contributed by atoms with Crippen molar-refractivity contribution in [3.8, 4) is 0 Å². The molecular weight excluding hydrogens is 363 g/mol. The third-order valence-corrected chi connectivity index (χ3v) is 6.07. The molecule has 0 atom stereocenters. The summed E-state index contributed by atoms with van der Waals surface area (Å²) in [5, 5.41) is 0. The number of hydrogen-bond donors (Lipinski definition) is 0. The lowest BCUT2D eigenvalue weighted by atomic mass is 10.3. The molecule has 3 rings (SSSR count). The summed E-state index contributed by atoms with van der Waals surface area (Å²) in [5.74, 6) is 1.23. The Labute approximate surface area is 135 Å². The topological polar surface area (TPSA) is 17.8 Å². The smallest absolute Gasteiger partial charge is 0.139 e. The van der Waals surface area contributed by atoms with Gasteiger partial charge in [-0.25, -0.2) is 9.37 Å². The van der Waals surface area contributed by atoms with Gasteiger partial charge in [-0.1, -0.05) is 0 Å². The van der Waals surface area contributed by atoms with Crippen LogP contribution in [-0.2, 0) is 13.0 Å². The molecule has 2 nitrogen and oxygen atoms in total. The van der Waals surface area contributed by atoms with E-state index in [1.807, 2.05) is 11.8 Å². The first-order chi connectivity index (χ1) is 9.58. The summed E-state index contributed by atoms with van der Waals surface area (Å²) in [6, 6.07) is 3.32. The van der Waals surface area contributed by atoms with Crippen LogP contribution < -0.4 is 0 Å². The zero-order valence-electron chi connectivity index (χ0n) is 11.1. The molecule has 0 aliphatic heterocycles. The summed E-state index contributed by atoms with van der Waals surface area (Å²) in [4.78, 5) is 4.62. The Kier molecular flexibility index (Phi) is 4.04. The first-order valence-electron chi connectivity index (χ1n) is 6.54. The van der Waals surface area contributed by atoms with Crippen molar-refractivity contribution in [3.05, 3.63) is 28.2 Å². The molecule has 0 saturated heterocycles. The van der Waals surface area contributed by atoms with Gasteiger partial charge < -0.3 is 4.57 Å². The number of nitrogens with zero attached hydrogens (tertiary/aromatic N) is 2.